The highest BCUT2D eigenvalue weighted by molar-refractivity contribution is 9.10. The summed E-state index contributed by atoms with van der Waals surface area (Å²) in [5.74, 6) is -0.394. The zero-order chi connectivity index (χ0) is 13.7. The first-order chi connectivity index (χ1) is 9.20. The fraction of sp³-hybridized carbons (Fsp3) is 0.0667. The van der Waals surface area contributed by atoms with Crippen molar-refractivity contribution in [3.8, 4) is 6.07 Å². The van der Waals surface area contributed by atoms with Crippen LogP contribution in [-0.4, -0.2) is 5.97 Å². The average Bonchev–Trinajstić information content (AvgIpc) is 2.45. The minimum Gasteiger partial charge on any atom is -0.457 e. The number of carbonyl (C=O) groups excluding carboxylic acids is 1. The van der Waals surface area contributed by atoms with Gasteiger partial charge in [0.1, 0.15) is 6.61 Å². The predicted molar refractivity (Wildman–Crippen MR) is 74.4 cm³/mol. The maximum atomic E-state index is 11.9. The number of halogens is 1. The van der Waals surface area contributed by atoms with Crippen LogP contribution in [0.3, 0.4) is 0 Å². The molecule has 3 nitrogen and oxygen atoms in total. The monoisotopic (exact) mass is 315 g/mol. The van der Waals surface area contributed by atoms with Crippen LogP contribution >= 0.6 is 15.9 Å². The Morgan fingerprint density at radius 2 is 2.00 bits per heavy atom. The van der Waals surface area contributed by atoms with Gasteiger partial charge in [-0.05, 0) is 45.8 Å². The van der Waals surface area contributed by atoms with E-state index in [-0.39, 0.29) is 6.61 Å². The molecule has 2 aromatic carbocycles. The van der Waals surface area contributed by atoms with Crippen LogP contribution in [0.25, 0.3) is 0 Å². The molecule has 0 saturated heterocycles. The number of benzene rings is 2. The molecule has 19 heavy (non-hydrogen) atoms. The molecule has 0 aliphatic heterocycles. The van der Waals surface area contributed by atoms with Crippen molar-refractivity contribution in [3.63, 3.8) is 0 Å². The second-order valence-electron chi connectivity index (χ2n) is 3.87. The molecule has 0 amide bonds. The molecule has 0 saturated carbocycles. The summed E-state index contributed by atoms with van der Waals surface area (Å²) in [5, 5.41) is 8.79. The minimum atomic E-state index is -0.394. The predicted octanol–water partition coefficient (Wildman–Crippen LogP) is 3.68. The van der Waals surface area contributed by atoms with Crippen molar-refractivity contribution in [2.45, 2.75) is 6.61 Å². The number of hydrogen-bond donors (Lipinski definition) is 0. The van der Waals surface area contributed by atoms with Gasteiger partial charge in [0.2, 0.25) is 0 Å². The Kier molecular flexibility index (Phi) is 4.32. The van der Waals surface area contributed by atoms with Gasteiger partial charge in [0.15, 0.2) is 0 Å². The van der Waals surface area contributed by atoms with E-state index in [2.05, 4.69) is 15.9 Å². The Hall–Kier alpha value is -2.12. The summed E-state index contributed by atoms with van der Waals surface area (Å²) in [6.07, 6.45) is 0. The fourth-order valence-electron chi connectivity index (χ4n) is 1.58. The van der Waals surface area contributed by atoms with Crippen LogP contribution in [0.4, 0.5) is 0 Å². The molecular formula is C15H10BrNO2. The van der Waals surface area contributed by atoms with Crippen molar-refractivity contribution in [1.82, 2.24) is 0 Å². The fourth-order valence-corrected chi connectivity index (χ4v) is 2.03. The molecule has 0 aliphatic rings. The zero-order valence-electron chi connectivity index (χ0n) is 9.97. The maximum absolute atomic E-state index is 11.9. The zero-order valence-corrected chi connectivity index (χ0v) is 11.6. The number of nitriles is 1. The van der Waals surface area contributed by atoms with Crippen LogP contribution < -0.4 is 0 Å². The third kappa shape index (κ3) is 3.43. The largest absolute Gasteiger partial charge is 0.457 e. The molecule has 0 aliphatic carbocycles. The molecule has 0 heterocycles. The van der Waals surface area contributed by atoms with E-state index in [9.17, 15) is 4.79 Å². The normalized spacial score (nSPS) is 9.68. The Labute approximate surface area is 119 Å². The van der Waals surface area contributed by atoms with E-state index < -0.39 is 5.97 Å². The lowest BCUT2D eigenvalue weighted by atomic mass is 10.1. The summed E-state index contributed by atoms with van der Waals surface area (Å²) < 4.78 is 5.92. The highest BCUT2D eigenvalue weighted by Crippen LogP contribution is 2.17. The molecular weight excluding hydrogens is 306 g/mol. The smallest absolute Gasteiger partial charge is 0.339 e. The molecule has 0 atom stereocenters. The topological polar surface area (TPSA) is 50.1 Å². The number of rotatable bonds is 3. The van der Waals surface area contributed by atoms with E-state index in [0.29, 0.717) is 15.6 Å². The Morgan fingerprint density at radius 1 is 1.21 bits per heavy atom. The number of ether oxygens (including phenoxy) is 1. The molecule has 2 aromatic rings. The summed E-state index contributed by atoms with van der Waals surface area (Å²) in [6.45, 7) is 0.148. The van der Waals surface area contributed by atoms with Gasteiger partial charge in [-0.1, -0.05) is 24.3 Å². The van der Waals surface area contributed by atoms with Gasteiger partial charge in [-0.15, -0.1) is 0 Å². The van der Waals surface area contributed by atoms with Crippen molar-refractivity contribution in [3.05, 3.63) is 69.7 Å². The molecule has 0 spiro atoms. The number of nitrogens with zero attached hydrogens (tertiary/aromatic N) is 1. The second-order valence-corrected chi connectivity index (χ2v) is 4.72. The number of esters is 1. The van der Waals surface area contributed by atoms with Crippen molar-refractivity contribution in [2.75, 3.05) is 0 Å². The van der Waals surface area contributed by atoms with E-state index in [0.717, 1.165) is 5.56 Å². The van der Waals surface area contributed by atoms with E-state index in [1.807, 2.05) is 18.2 Å². The summed E-state index contributed by atoms with van der Waals surface area (Å²) >= 11 is 3.30. The maximum Gasteiger partial charge on any atom is 0.339 e. The third-order valence-corrected chi connectivity index (χ3v) is 3.21. The number of hydrogen-bond acceptors (Lipinski definition) is 3. The van der Waals surface area contributed by atoms with Crippen molar-refractivity contribution in [2.24, 2.45) is 0 Å². The molecule has 0 radical (unpaired) electrons. The molecule has 4 heteroatoms. The van der Waals surface area contributed by atoms with Gasteiger partial charge in [0, 0.05) is 4.47 Å². The third-order valence-electron chi connectivity index (χ3n) is 2.52. The Morgan fingerprint density at radius 3 is 2.74 bits per heavy atom. The standard InChI is InChI=1S/C15H10BrNO2/c16-14-7-2-1-6-13(14)15(18)19-10-12-5-3-4-11(8-12)9-17/h1-8H,10H2. The van der Waals surface area contributed by atoms with E-state index >= 15 is 0 Å². The summed E-state index contributed by atoms with van der Waals surface area (Å²) in [7, 11) is 0. The highest BCUT2D eigenvalue weighted by atomic mass is 79.9. The lowest BCUT2D eigenvalue weighted by Gasteiger charge is -2.06. The Balaban J connectivity index is 2.05. The molecule has 0 N–H and O–H groups in total. The van der Waals surface area contributed by atoms with Crippen molar-refractivity contribution in [1.29, 1.82) is 5.26 Å². The van der Waals surface area contributed by atoms with Crippen LogP contribution in [0, 0.1) is 11.3 Å². The van der Waals surface area contributed by atoms with E-state index in [1.165, 1.54) is 0 Å². The van der Waals surface area contributed by atoms with E-state index in [4.69, 9.17) is 10.00 Å². The van der Waals surface area contributed by atoms with Crippen molar-refractivity contribution < 1.29 is 9.53 Å². The first-order valence-corrected chi connectivity index (χ1v) is 6.40. The van der Waals surface area contributed by atoms with Crippen LogP contribution in [0.5, 0.6) is 0 Å². The molecule has 0 bridgehead atoms. The molecule has 0 aromatic heterocycles. The number of carbonyl (C=O) groups is 1. The van der Waals surface area contributed by atoms with Gasteiger partial charge in [0.05, 0.1) is 17.2 Å². The lowest BCUT2D eigenvalue weighted by molar-refractivity contribution is 0.0471. The Bertz CT molecular complexity index is 647. The molecule has 94 valence electrons. The summed E-state index contributed by atoms with van der Waals surface area (Å²) in [4.78, 5) is 11.9. The van der Waals surface area contributed by atoms with E-state index in [1.54, 1.807) is 36.4 Å². The van der Waals surface area contributed by atoms with Gasteiger partial charge in [-0.25, -0.2) is 4.79 Å². The lowest BCUT2D eigenvalue weighted by Crippen LogP contribution is -2.06. The van der Waals surface area contributed by atoms with Gasteiger partial charge < -0.3 is 4.74 Å². The van der Waals surface area contributed by atoms with Gasteiger partial charge in [0.25, 0.3) is 0 Å². The van der Waals surface area contributed by atoms with Crippen molar-refractivity contribution >= 4 is 21.9 Å². The summed E-state index contributed by atoms with van der Waals surface area (Å²) in [5.41, 5.74) is 1.83. The molecule has 0 fully saturated rings. The van der Waals surface area contributed by atoms with Gasteiger partial charge in [-0.2, -0.15) is 5.26 Å². The first-order valence-electron chi connectivity index (χ1n) is 5.61. The van der Waals surface area contributed by atoms with Crippen LogP contribution in [0.2, 0.25) is 0 Å². The van der Waals surface area contributed by atoms with Crippen LogP contribution in [0.1, 0.15) is 21.5 Å². The molecule has 2 rings (SSSR count). The highest BCUT2D eigenvalue weighted by Gasteiger charge is 2.10. The van der Waals surface area contributed by atoms with Crippen LogP contribution in [-0.2, 0) is 11.3 Å². The molecule has 0 unspecified atom stereocenters. The first kappa shape index (κ1) is 13.3. The average molecular weight is 316 g/mol. The minimum absolute atomic E-state index is 0.148. The SMILES string of the molecule is N#Cc1cccc(COC(=O)c2ccccc2Br)c1. The van der Waals surface area contributed by atoms with Crippen LogP contribution in [0.15, 0.2) is 53.0 Å². The second kappa shape index (κ2) is 6.17. The van der Waals surface area contributed by atoms with Gasteiger partial charge in [-0.3, -0.25) is 0 Å². The summed E-state index contributed by atoms with van der Waals surface area (Å²) in [6, 6.07) is 16.1. The quantitative estimate of drug-likeness (QED) is 0.812. The van der Waals surface area contributed by atoms with Gasteiger partial charge >= 0.3 is 5.97 Å².